The molecule has 2 aliphatic rings. The maximum atomic E-state index is 12.8. The number of carbonyl (C=O) groups is 1. The van der Waals surface area contributed by atoms with E-state index in [2.05, 4.69) is 5.10 Å². The molecule has 0 unspecified atom stereocenters. The van der Waals surface area contributed by atoms with Gasteiger partial charge in [0.05, 0.1) is 30.4 Å². The number of aromatic nitrogens is 2. The van der Waals surface area contributed by atoms with Gasteiger partial charge in [0.2, 0.25) is 0 Å². The average Bonchev–Trinajstić information content (AvgIpc) is 3.14. The maximum absolute atomic E-state index is 12.8. The number of rotatable bonds is 3. The molecule has 1 atom stereocenters. The normalized spacial score (nSPS) is 25.5. The van der Waals surface area contributed by atoms with Crippen molar-refractivity contribution in [2.24, 2.45) is 0 Å². The van der Waals surface area contributed by atoms with E-state index < -0.39 is 29.6 Å². The quantitative estimate of drug-likeness (QED) is 0.717. The lowest BCUT2D eigenvalue weighted by Crippen LogP contribution is -2.51. The van der Waals surface area contributed by atoms with Gasteiger partial charge in [-0.25, -0.2) is 4.79 Å². The zero-order chi connectivity index (χ0) is 21.8. The third-order valence-corrected chi connectivity index (χ3v) is 5.74. The van der Waals surface area contributed by atoms with Crippen LogP contribution in [0.15, 0.2) is 12.4 Å². The van der Waals surface area contributed by atoms with Gasteiger partial charge in [0.25, 0.3) is 0 Å². The summed E-state index contributed by atoms with van der Waals surface area (Å²) in [5.74, 6) is 0. The van der Waals surface area contributed by atoms with Crippen molar-refractivity contribution in [1.29, 1.82) is 0 Å². The summed E-state index contributed by atoms with van der Waals surface area (Å²) in [7, 11) is -0.466. The fourth-order valence-electron chi connectivity index (χ4n) is 3.49. The van der Waals surface area contributed by atoms with Crippen LogP contribution in [0.1, 0.15) is 62.3 Å². The number of amides is 1. The third-order valence-electron chi connectivity index (χ3n) is 5.74. The molecular formula is C20H34BN3O5. The number of ether oxygens (including phenoxy) is 2. The van der Waals surface area contributed by atoms with E-state index in [1.54, 1.807) is 15.8 Å². The van der Waals surface area contributed by atoms with Crippen LogP contribution in [-0.4, -0.2) is 63.1 Å². The second kappa shape index (κ2) is 6.99. The summed E-state index contributed by atoms with van der Waals surface area (Å²) in [6.45, 7) is 18.3. The van der Waals surface area contributed by atoms with Gasteiger partial charge in [-0.05, 0) is 62.3 Å². The first-order valence-corrected chi connectivity index (χ1v) is 10.2. The fraction of sp³-hybridized carbons (Fsp3) is 0.800. The van der Waals surface area contributed by atoms with Crippen LogP contribution in [0, 0.1) is 0 Å². The average molecular weight is 407 g/mol. The monoisotopic (exact) mass is 407 g/mol. The first kappa shape index (κ1) is 22.1. The summed E-state index contributed by atoms with van der Waals surface area (Å²) in [4.78, 5) is 14.4. The highest BCUT2D eigenvalue weighted by atomic mass is 16.7. The van der Waals surface area contributed by atoms with Crippen molar-refractivity contribution in [3.05, 3.63) is 12.4 Å². The summed E-state index contributed by atoms with van der Waals surface area (Å²) in [6.07, 6.45) is 3.27. The molecule has 3 rings (SSSR count). The predicted octanol–water partition coefficient (Wildman–Crippen LogP) is 2.55. The van der Waals surface area contributed by atoms with Crippen molar-refractivity contribution in [2.75, 3.05) is 6.61 Å². The maximum Gasteiger partial charge on any atom is 0.498 e. The van der Waals surface area contributed by atoms with Crippen LogP contribution in [0.25, 0.3) is 0 Å². The molecule has 8 nitrogen and oxygen atoms in total. The van der Waals surface area contributed by atoms with E-state index >= 15 is 0 Å². The van der Waals surface area contributed by atoms with Crippen LogP contribution in [0.3, 0.4) is 0 Å². The molecule has 1 amide bonds. The Kier molecular flexibility index (Phi) is 5.33. The second-order valence-electron chi connectivity index (χ2n) is 10.3. The predicted molar refractivity (Wildman–Crippen MR) is 110 cm³/mol. The van der Waals surface area contributed by atoms with Gasteiger partial charge in [-0.3, -0.25) is 9.58 Å². The zero-order valence-corrected chi connectivity index (χ0v) is 19.1. The number of hydrogen-bond acceptors (Lipinski definition) is 6. The minimum Gasteiger partial charge on any atom is -0.444 e. The van der Waals surface area contributed by atoms with Gasteiger partial charge in [0, 0.05) is 17.9 Å². The minimum atomic E-state index is -0.741. The Labute approximate surface area is 173 Å². The number of nitrogens with zero attached hydrogens (tertiary/aromatic N) is 3. The molecule has 0 saturated carbocycles. The molecule has 162 valence electrons. The standard InChI is InChI=1S/C20H34BN3O5/c1-17(2,3)27-16(25)24-15(13-26-20(24,8)9)12-23-11-14(10-22-23)21-28-18(4,5)19(6,7)29-21/h10-11,15H,12-13H2,1-9H3/t15-/m1/s1. The highest BCUT2D eigenvalue weighted by molar-refractivity contribution is 6.61. The molecule has 1 aromatic rings. The molecule has 0 bridgehead atoms. The van der Waals surface area contributed by atoms with Gasteiger partial charge in [0.1, 0.15) is 11.3 Å². The zero-order valence-electron chi connectivity index (χ0n) is 19.1. The molecule has 0 aromatic carbocycles. The molecule has 2 saturated heterocycles. The molecule has 0 spiro atoms. The number of hydrogen-bond donors (Lipinski definition) is 0. The van der Waals surface area contributed by atoms with E-state index in [0.717, 1.165) is 5.46 Å². The molecule has 2 fully saturated rings. The van der Waals surface area contributed by atoms with E-state index in [0.29, 0.717) is 13.2 Å². The Bertz CT molecular complexity index is 752. The summed E-state index contributed by atoms with van der Waals surface area (Å²) in [5.41, 5.74) is -1.27. The summed E-state index contributed by atoms with van der Waals surface area (Å²) < 4.78 is 25.5. The molecule has 9 heteroatoms. The first-order chi connectivity index (χ1) is 13.1. The van der Waals surface area contributed by atoms with Crippen molar-refractivity contribution in [1.82, 2.24) is 14.7 Å². The van der Waals surface area contributed by atoms with E-state index in [-0.39, 0.29) is 12.1 Å². The third kappa shape index (κ3) is 4.46. The largest absolute Gasteiger partial charge is 0.498 e. The van der Waals surface area contributed by atoms with Gasteiger partial charge in [-0.2, -0.15) is 5.10 Å². The van der Waals surface area contributed by atoms with E-state index in [1.807, 2.05) is 68.5 Å². The topological polar surface area (TPSA) is 75.1 Å². The molecule has 0 radical (unpaired) electrons. The van der Waals surface area contributed by atoms with Crippen molar-refractivity contribution in [3.63, 3.8) is 0 Å². The van der Waals surface area contributed by atoms with Crippen LogP contribution in [-0.2, 0) is 25.3 Å². The van der Waals surface area contributed by atoms with Gasteiger partial charge >= 0.3 is 13.2 Å². The Morgan fingerprint density at radius 1 is 1.21 bits per heavy atom. The highest BCUT2D eigenvalue weighted by Gasteiger charge is 2.52. The SMILES string of the molecule is CC(C)(C)OC(=O)N1[C@H](Cn2cc(B3OC(C)(C)C(C)(C)O3)cn2)COC1(C)C. The van der Waals surface area contributed by atoms with Crippen LogP contribution >= 0.6 is 0 Å². The summed E-state index contributed by atoms with van der Waals surface area (Å²) in [6, 6.07) is -0.189. The van der Waals surface area contributed by atoms with Crippen LogP contribution < -0.4 is 5.46 Å². The van der Waals surface area contributed by atoms with Gasteiger partial charge in [0.15, 0.2) is 0 Å². The Balaban J connectivity index is 1.72. The van der Waals surface area contributed by atoms with Gasteiger partial charge < -0.3 is 18.8 Å². The molecule has 0 N–H and O–H groups in total. The van der Waals surface area contributed by atoms with Crippen molar-refractivity contribution in [3.8, 4) is 0 Å². The minimum absolute atomic E-state index is 0.189. The highest BCUT2D eigenvalue weighted by Crippen LogP contribution is 2.36. The fourth-order valence-corrected chi connectivity index (χ4v) is 3.49. The van der Waals surface area contributed by atoms with E-state index in [9.17, 15) is 4.79 Å². The molecule has 2 aliphatic heterocycles. The van der Waals surface area contributed by atoms with Crippen LogP contribution in [0.5, 0.6) is 0 Å². The molecule has 29 heavy (non-hydrogen) atoms. The lowest BCUT2D eigenvalue weighted by Gasteiger charge is -2.35. The van der Waals surface area contributed by atoms with Crippen molar-refractivity contribution in [2.45, 2.75) is 97.4 Å². The van der Waals surface area contributed by atoms with E-state index in [4.69, 9.17) is 18.8 Å². The van der Waals surface area contributed by atoms with Crippen molar-refractivity contribution >= 4 is 18.7 Å². The second-order valence-corrected chi connectivity index (χ2v) is 10.3. The number of carbonyl (C=O) groups excluding carboxylic acids is 1. The molecular weight excluding hydrogens is 373 g/mol. The van der Waals surface area contributed by atoms with Gasteiger partial charge in [-0.15, -0.1) is 0 Å². The molecule has 3 heterocycles. The van der Waals surface area contributed by atoms with E-state index in [1.165, 1.54) is 0 Å². The molecule has 0 aliphatic carbocycles. The summed E-state index contributed by atoms with van der Waals surface area (Å²) in [5, 5.41) is 4.46. The van der Waals surface area contributed by atoms with Gasteiger partial charge in [-0.1, -0.05) is 0 Å². The Morgan fingerprint density at radius 3 is 2.34 bits per heavy atom. The smallest absolute Gasteiger partial charge is 0.444 e. The van der Waals surface area contributed by atoms with Crippen LogP contribution in [0.2, 0.25) is 0 Å². The lowest BCUT2D eigenvalue weighted by atomic mass is 9.82. The van der Waals surface area contributed by atoms with Crippen LogP contribution in [0.4, 0.5) is 4.79 Å². The van der Waals surface area contributed by atoms with Crippen molar-refractivity contribution < 1.29 is 23.6 Å². The first-order valence-electron chi connectivity index (χ1n) is 10.2. The summed E-state index contributed by atoms with van der Waals surface area (Å²) >= 11 is 0. The lowest BCUT2D eigenvalue weighted by molar-refractivity contribution is -0.0630. The Hall–Kier alpha value is -1.58. The molecule has 1 aromatic heterocycles. The Morgan fingerprint density at radius 2 is 1.79 bits per heavy atom.